The van der Waals surface area contributed by atoms with E-state index in [1.165, 1.54) is 18.2 Å². The molecule has 0 aliphatic carbocycles. The Hall–Kier alpha value is -1.56. The van der Waals surface area contributed by atoms with Crippen LogP contribution >= 0.6 is 15.9 Å². The molecule has 2 rings (SSSR count). The van der Waals surface area contributed by atoms with E-state index in [1.54, 1.807) is 19.1 Å². The van der Waals surface area contributed by atoms with Crippen LogP contribution in [0.3, 0.4) is 0 Å². The van der Waals surface area contributed by atoms with Crippen LogP contribution in [0.15, 0.2) is 40.9 Å². The lowest BCUT2D eigenvalue weighted by atomic mass is 10.1. The quantitative estimate of drug-likeness (QED) is 0.709. The van der Waals surface area contributed by atoms with Crippen LogP contribution in [0, 0.1) is 12.7 Å². The van der Waals surface area contributed by atoms with Crippen molar-refractivity contribution in [3.63, 3.8) is 0 Å². The fraction of sp³-hybridized carbons (Fsp3) is 0.200. The predicted molar refractivity (Wildman–Crippen MR) is 77.6 cm³/mol. The standard InChI is InChI=1S/C15H12BrF4N/c1-9-2-3-10(6-14(9)17)8-21-11-4-5-13(16)12(7-11)15(18,19)20/h2-7,21H,8H2,1H3. The highest BCUT2D eigenvalue weighted by molar-refractivity contribution is 9.10. The van der Waals surface area contributed by atoms with Crippen molar-refractivity contribution in [2.45, 2.75) is 19.6 Å². The third kappa shape index (κ3) is 3.97. The van der Waals surface area contributed by atoms with Crippen LogP contribution in [0.1, 0.15) is 16.7 Å². The van der Waals surface area contributed by atoms with Gasteiger partial charge < -0.3 is 5.32 Å². The molecular formula is C15H12BrF4N. The van der Waals surface area contributed by atoms with E-state index in [-0.39, 0.29) is 16.8 Å². The molecule has 0 radical (unpaired) electrons. The molecule has 1 N–H and O–H groups in total. The van der Waals surface area contributed by atoms with E-state index in [1.807, 2.05) is 0 Å². The topological polar surface area (TPSA) is 12.0 Å². The number of anilines is 1. The van der Waals surface area contributed by atoms with Crippen LogP contribution in [0.5, 0.6) is 0 Å². The third-order valence-corrected chi connectivity index (χ3v) is 3.70. The highest BCUT2D eigenvalue weighted by atomic mass is 79.9. The number of hydrogen-bond donors (Lipinski definition) is 1. The van der Waals surface area contributed by atoms with Gasteiger partial charge in [-0.05, 0) is 42.3 Å². The Balaban J connectivity index is 2.15. The second kappa shape index (κ2) is 6.05. The summed E-state index contributed by atoms with van der Waals surface area (Å²) in [6.45, 7) is 1.90. The second-order valence-electron chi connectivity index (χ2n) is 4.63. The smallest absolute Gasteiger partial charge is 0.381 e. The number of halogens is 5. The molecule has 0 atom stereocenters. The van der Waals surface area contributed by atoms with E-state index >= 15 is 0 Å². The van der Waals surface area contributed by atoms with Gasteiger partial charge in [0.2, 0.25) is 0 Å². The van der Waals surface area contributed by atoms with Crippen LogP contribution in [0.25, 0.3) is 0 Å². The van der Waals surface area contributed by atoms with Gasteiger partial charge >= 0.3 is 6.18 Å². The summed E-state index contributed by atoms with van der Waals surface area (Å²) in [6, 6.07) is 8.62. The summed E-state index contributed by atoms with van der Waals surface area (Å²) in [5.74, 6) is -0.332. The minimum absolute atomic E-state index is 0.0121. The molecule has 0 saturated heterocycles. The maximum absolute atomic E-state index is 13.4. The number of hydrogen-bond acceptors (Lipinski definition) is 1. The average Bonchev–Trinajstić information content (AvgIpc) is 2.40. The predicted octanol–water partition coefficient (Wildman–Crippen LogP) is 5.53. The van der Waals surface area contributed by atoms with Crippen molar-refractivity contribution in [1.82, 2.24) is 0 Å². The van der Waals surface area contributed by atoms with E-state index in [0.717, 1.165) is 6.07 Å². The molecule has 6 heteroatoms. The molecule has 2 aromatic rings. The van der Waals surface area contributed by atoms with E-state index < -0.39 is 11.7 Å². The first-order valence-corrected chi connectivity index (χ1v) is 6.92. The van der Waals surface area contributed by atoms with Gasteiger partial charge in [0.15, 0.2) is 0 Å². The molecule has 0 aliphatic rings. The van der Waals surface area contributed by atoms with E-state index in [4.69, 9.17) is 0 Å². The van der Waals surface area contributed by atoms with Crippen LogP contribution in [0.4, 0.5) is 23.2 Å². The second-order valence-corrected chi connectivity index (χ2v) is 5.48. The number of rotatable bonds is 3. The number of nitrogens with one attached hydrogen (secondary N) is 1. The fourth-order valence-electron chi connectivity index (χ4n) is 1.80. The van der Waals surface area contributed by atoms with Gasteiger partial charge in [0.25, 0.3) is 0 Å². The monoisotopic (exact) mass is 361 g/mol. The molecule has 0 saturated carbocycles. The Morgan fingerprint density at radius 3 is 2.43 bits per heavy atom. The van der Waals surface area contributed by atoms with Gasteiger partial charge in [-0.2, -0.15) is 13.2 Å². The summed E-state index contributed by atoms with van der Waals surface area (Å²) < 4.78 is 51.7. The fourth-order valence-corrected chi connectivity index (χ4v) is 2.27. The van der Waals surface area contributed by atoms with Crippen molar-refractivity contribution >= 4 is 21.6 Å². The lowest BCUT2D eigenvalue weighted by Gasteiger charge is -2.13. The van der Waals surface area contributed by atoms with Gasteiger partial charge in [0.1, 0.15) is 5.82 Å². The molecular weight excluding hydrogens is 350 g/mol. The Morgan fingerprint density at radius 1 is 1.10 bits per heavy atom. The molecule has 0 heterocycles. The molecule has 21 heavy (non-hydrogen) atoms. The average molecular weight is 362 g/mol. The van der Waals surface area contributed by atoms with Crippen molar-refractivity contribution < 1.29 is 17.6 Å². The summed E-state index contributed by atoms with van der Waals surface area (Å²) in [7, 11) is 0. The van der Waals surface area contributed by atoms with Gasteiger partial charge in [-0.1, -0.05) is 28.1 Å². The molecule has 0 aliphatic heterocycles. The van der Waals surface area contributed by atoms with Crippen molar-refractivity contribution in [3.05, 3.63) is 63.4 Å². The molecule has 1 nitrogen and oxygen atoms in total. The first kappa shape index (κ1) is 15.8. The molecule has 2 aromatic carbocycles. The summed E-state index contributed by atoms with van der Waals surface area (Å²) in [6.07, 6.45) is -4.42. The van der Waals surface area contributed by atoms with Crippen molar-refractivity contribution in [3.8, 4) is 0 Å². The molecule has 0 spiro atoms. The Bertz CT molecular complexity index is 653. The van der Waals surface area contributed by atoms with Gasteiger partial charge in [-0.3, -0.25) is 0 Å². The zero-order chi connectivity index (χ0) is 15.6. The number of aryl methyl sites for hydroxylation is 1. The molecule has 0 amide bonds. The van der Waals surface area contributed by atoms with E-state index in [2.05, 4.69) is 21.2 Å². The Kier molecular flexibility index (Phi) is 4.56. The van der Waals surface area contributed by atoms with Crippen LogP contribution in [0.2, 0.25) is 0 Å². The van der Waals surface area contributed by atoms with Crippen molar-refractivity contribution in [1.29, 1.82) is 0 Å². The van der Waals surface area contributed by atoms with Crippen LogP contribution in [-0.2, 0) is 12.7 Å². The lowest BCUT2D eigenvalue weighted by Crippen LogP contribution is -2.08. The van der Waals surface area contributed by atoms with E-state index in [9.17, 15) is 17.6 Å². The maximum Gasteiger partial charge on any atom is 0.417 e. The molecule has 0 fully saturated rings. The third-order valence-electron chi connectivity index (χ3n) is 3.00. The van der Waals surface area contributed by atoms with Crippen LogP contribution in [-0.4, -0.2) is 0 Å². The highest BCUT2D eigenvalue weighted by Crippen LogP contribution is 2.36. The van der Waals surface area contributed by atoms with Crippen molar-refractivity contribution in [2.24, 2.45) is 0 Å². The molecule has 112 valence electrons. The minimum Gasteiger partial charge on any atom is -0.381 e. The summed E-state index contributed by atoms with van der Waals surface area (Å²) in [4.78, 5) is 0. The van der Waals surface area contributed by atoms with E-state index in [0.29, 0.717) is 16.8 Å². The minimum atomic E-state index is -4.42. The molecule has 0 unspecified atom stereocenters. The maximum atomic E-state index is 13.4. The zero-order valence-corrected chi connectivity index (χ0v) is 12.6. The summed E-state index contributed by atoms with van der Waals surface area (Å²) in [5, 5.41) is 2.86. The Labute approximate surface area is 128 Å². The number of benzene rings is 2. The van der Waals surface area contributed by atoms with Gasteiger partial charge in [-0.25, -0.2) is 4.39 Å². The largest absolute Gasteiger partial charge is 0.417 e. The normalized spacial score (nSPS) is 11.5. The lowest BCUT2D eigenvalue weighted by molar-refractivity contribution is -0.138. The van der Waals surface area contributed by atoms with Crippen molar-refractivity contribution in [2.75, 3.05) is 5.32 Å². The number of alkyl halides is 3. The van der Waals surface area contributed by atoms with Gasteiger partial charge in [-0.15, -0.1) is 0 Å². The van der Waals surface area contributed by atoms with Crippen LogP contribution < -0.4 is 5.32 Å². The molecule has 0 bridgehead atoms. The first-order chi connectivity index (χ1) is 9.77. The summed E-state index contributed by atoms with van der Waals surface area (Å²) in [5.41, 5.74) is 0.769. The zero-order valence-electron chi connectivity index (χ0n) is 11.1. The van der Waals surface area contributed by atoms with Gasteiger partial charge in [0.05, 0.1) is 5.56 Å². The SMILES string of the molecule is Cc1ccc(CNc2ccc(Br)c(C(F)(F)F)c2)cc1F. The van der Waals surface area contributed by atoms with Gasteiger partial charge in [0, 0.05) is 16.7 Å². The first-order valence-electron chi connectivity index (χ1n) is 6.13. The molecule has 0 aromatic heterocycles. The highest BCUT2D eigenvalue weighted by Gasteiger charge is 2.33. The Morgan fingerprint density at radius 2 is 1.81 bits per heavy atom. The summed E-state index contributed by atoms with van der Waals surface area (Å²) >= 11 is 2.88.